The molecule has 5 N–H and O–H groups in total. The Kier molecular flexibility index (Phi) is 6.80. The summed E-state index contributed by atoms with van der Waals surface area (Å²) in [5.41, 5.74) is 8.28. The number of nitrogen functional groups attached to an aromatic ring is 1. The average Bonchev–Trinajstić information content (AvgIpc) is 3.39. The highest BCUT2D eigenvalue weighted by Gasteiger charge is 2.25. The fourth-order valence-corrected chi connectivity index (χ4v) is 4.48. The van der Waals surface area contributed by atoms with Crippen LogP contribution >= 0.6 is 0 Å². The van der Waals surface area contributed by atoms with E-state index in [-0.39, 0.29) is 29.4 Å². The summed E-state index contributed by atoms with van der Waals surface area (Å²) in [6, 6.07) is 15.9. The Morgan fingerprint density at radius 1 is 1.18 bits per heavy atom. The van der Waals surface area contributed by atoms with Crippen LogP contribution in [0.5, 0.6) is 0 Å². The molecule has 0 aliphatic carbocycles. The summed E-state index contributed by atoms with van der Waals surface area (Å²) in [6.45, 7) is 3.39. The van der Waals surface area contributed by atoms with Gasteiger partial charge in [-0.05, 0) is 36.6 Å². The summed E-state index contributed by atoms with van der Waals surface area (Å²) in [7, 11) is 0. The van der Waals surface area contributed by atoms with Gasteiger partial charge in [-0.25, -0.2) is 4.40 Å². The molecule has 194 valence electrons. The molecule has 0 saturated carbocycles. The Labute approximate surface area is 223 Å². The lowest BCUT2D eigenvalue weighted by molar-refractivity contribution is -0.513. The smallest absolute Gasteiger partial charge is 0.264 e. The van der Waals surface area contributed by atoms with Crippen LogP contribution in [-0.4, -0.2) is 32.9 Å². The van der Waals surface area contributed by atoms with E-state index in [1.54, 1.807) is 34.4 Å². The Bertz CT molecular complexity index is 1850. The Balaban J connectivity index is 1.62. The molecule has 3 heterocycles. The molecule has 0 saturated heterocycles. The normalized spacial score (nSPS) is 11.5. The summed E-state index contributed by atoms with van der Waals surface area (Å²) in [5.74, 6) is 5.38. The number of pyridine rings is 1. The topological polar surface area (TPSA) is 139 Å². The van der Waals surface area contributed by atoms with Crippen molar-refractivity contribution in [3.63, 3.8) is 0 Å². The van der Waals surface area contributed by atoms with Crippen LogP contribution in [0.3, 0.4) is 0 Å². The van der Waals surface area contributed by atoms with Gasteiger partial charge in [0, 0.05) is 23.9 Å². The molecule has 2 aromatic carbocycles. The van der Waals surface area contributed by atoms with Gasteiger partial charge in [0.15, 0.2) is 5.56 Å². The number of nitrogens with two attached hydrogens (primary N) is 1. The molecule has 0 spiro atoms. The van der Waals surface area contributed by atoms with E-state index in [9.17, 15) is 14.4 Å². The number of amides is 2. The van der Waals surface area contributed by atoms with Crippen molar-refractivity contribution in [1.29, 1.82) is 0 Å². The molecule has 0 aliphatic rings. The highest BCUT2D eigenvalue weighted by atomic mass is 16.2. The van der Waals surface area contributed by atoms with Gasteiger partial charge in [-0.2, -0.15) is 0 Å². The molecule has 1 atom stereocenters. The first-order chi connectivity index (χ1) is 18.8. The molecular weight excluding hydrogens is 494 g/mol. The average molecular weight is 521 g/mol. The number of para-hydroxylation sites is 1. The van der Waals surface area contributed by atoms with E-state index in [0.717, 1.165) is 0 Å². The lowest BCUT2D eigenvalue weighted by atomic mass is 10.0. The molecule has 0 bridgehead atoms. The molecule has 0 radical (unpaired) electrons. The second kappa shape index (κ2) is 10.5. The third-order valence-corrected chi connectivity index (χ3v) is 6.28. The lowest BCUT2D eigenvalue weighted by Gasteiger charge is -2.21. The van der Waals surface area contributed by atoms with Crippen molar-refractivity contribution < 1.29 is 14.0 Å². The standard InChI is InChI=1S/C29H25N7O3/c1-18(34-28(38)25-26(30)33-17-35-15-14-32-27(25)35)23-16-21-9-6-8-20(10-7-13-31-19(2)37)24(21)29(39)36(23)22-11-4-3-5-12-22/h3-6,8-9,11-12,14-18H,13H2,1-2H3,(H4,30,31,32,34,37,38)/p+1. The molecule has 0 fully saturated rings. The first-order valence-electron chi connectivity index (χ1n) is 12.3. The van der Waals surface area contributed by atoms with E-state index in [4.69, 9.17) is 5.73 Å². The third-order valence-electron chi connectivity index (χ3n) is 6.28. The Hall–Kier alpha value is -5.43. The lowest BCUT2D eigenvalue weighted by Crippen LogP contribution is -2.34. The number of imidazole rings is 1. The van der Waals surface area contributed by atoms with Crippen LogP contribution < -0.4 is 26.3 Å². The molecule has 10 nitrogen and oxygen atoms in total. The highest BCUT2D eigenvalue weighted by Crippen LogP contribution is 2.24. The Morgan fingerprint density at radius 3 is 2.74 bits per heavy atom. The maximum atomic E-state index is 14.0. The number of benzene rings is 2. The van der Waals surface area contributed by atoms with Gasteiger partial charge in [0.05, 0.1) is 24.2 Å². The number of carbonyl (C=O) groups is 2. The van der Waals surface area contributed by atoms with Crippen LogP contribution in [0.1, 0.15) is 41.5 Å². The van der Waals surface area contributed by atoms with Crippen molar-refractivity contribution in [3.8, 4) is 17.5 Å². The molecule has 5 aromatic rings. The van der Waals surface area contributed by atoms with Crippen molar-refractivity contribution in [2.45, 2.75) is 19.9 Å². The molecule has 0 aliphatic heterocycles. The van der Waals surface area contributed by atoms with Gasteiger partial charge in [0.1, 0.15) is 6.20 Å². The molecule has 5 rings (SSSR count). The number of H-pyrrole nitrogens is 1. The minimum atomic E-state index is -0.584. The predicted molar refractivity (Wildman–Crippen MR) is 147 cm³/mol. The number of anilines is 1. The summed E-state index contributed by atoms with van der Waals surface area (Å²) >= 11 is 0. The summed E-state index contributed by atoms with van der Waals surface area (Å²) in [6.07, 6.45) is 4.94. The SMILES string of the molecule is CC(=O)NCC#Cc1cccc2cc(C(C)NC(=O)c3c(N)nc[n+]4cc[nH]c34)n(-c3ccccc3)c(=O)c12. The third kappa shape index (κ3) is 4.93. The van der Waals surface area contributed by atoms with Crippen molar-refractivity contribution in [2.24, 2.45) is 0 Å². The van der Waals surface area contributed by atoms with Crippen molar-refractivity contribution in [1.82, 2.24) is 25.2 Å². The van der Waals surface area contributed by atoms with E-state index < -0.39 is 11.9 Å². The van der Waals surface area contributed by atoms with Crippen LogP contribution in [0.2, 0.25) is 0 Å². The zero-order valence-corrected chi connectivity index (χ0v) is 21.4. The van der Waals surface area contributed by atoms with Gasteiger partial charge in [-0.1, -0.05) is 47.2 Å². The zero-order valence-electron chi connectivity index (χ0n) is 21.4. The van der Waals surface area contributed by atoms with E-state index in [2.05, 4.69) is 32.4 Å². The summed E-state index contributed by atoms with van der Waals surface area (Å²) in [4.78, 5) is 45.8. The van der Waals surface area contributed by atoms with Gasteiger partial charge >= 0.3 is 0 Å². The zero-order chi connectivity index (χ0) is 27.5. The number of hydrogen-bond acceptors (Lipinski definition) is 5. The van der Waals surface area contributed by atoms with Crippen LogP contribution in [0.15, 0.2) is 78.1 Å². The number of nitrogens with one attached hydrogen (secondary N) is 3. The summed E-state index contributed by atoms with van der Waals surface area (Å²) < 4.78 is 3.25. The molecule has 2 amide bonds. The van der Waals surface area contributed by atoms with Crippen LogP contribution in [0, 0.1) is 11.8 Å². The summed E-state index contributed by atoms with van der Waals surface area (Å²) in [5, 5.41) is 6.74. The molecule has 3 aromatic heterocycles. The van der Waals surface area contributed by atoms with Gasteiger partial charge in [-0.3, -0.25) is 23.9 Å². The molecular formula is C29H26N7O3+. The maximum Gasteiger partial charge on any atom is 0.264 e. The van der Waals surface area contributed by atoms with E-state index in [0.29, 0.717) is 33.4 Å². The number of aromatic nitrogens is 4. The maximum absolute atomic E-state index is 14.0. The second-order valence-corrected chi connectivity index (χ2v) is 8.94. The van der Waals surface area contributed by atoms with Gasteiger partial charge in [0.2, 0.25) is 23.7 Å². The fraction of sp³-hybridized carbons (Fsp3) is 0.138. The van der Waals surface area contributed by atoms with Gasteiger partial charge < -0.3 is 16.4 Å². The largest absolute Gasteiger partial charge is 0.369 e. The van der Waals surface area contributed by atoms with Crippen molar-refractivity contribution in [2.75, 3.05) is 12.3 Å². The number of carbonyl (C=O) groups excluding carboxylic acids is 2. The molecule has 10 heteroatoms. The van der Waals surface area contributed by atoms with E-state index >= 15 is 0 Å². The van der Waals surface area contributed by atoms with Gasteiger partial charge in [0.25, 0.3) is 11.5 Å². The van der Waals surface area contributed by atoms with E-state index in [1.165, 1.54) is 13.3 Å². The molecule has 39 heavy (non-hydrogen) atoms. The quantitative estimate of drug-likeness (QED) is 0.207. The predicted octanol–water partition coefficient (Wildman–Crippen LogP) is 2.01. The monoisotopic (exact) mass is 520 g/mol. The highest BCUT2D eigenvalue weighted by molar-refractivity contribution is 6.03. The Morgan fingerprint density at radius 2 is 1.97 bits per heavy atom. The fourth-order valence-electron chi connectivity index (χ4n) is 4.48. The minimum Gasteiger partial charge on any atom is -0.369 e. The second-order valence-electron chi connectivity index (χ2n) is 8.94. The van der Waals surface area contributed by atoms with Crippen molar-refractivity contribution in [3.05, 3.63) is 100 Å². The van der Waals surface area contributed by atoms with Crippen LogP contribution in [0.4, 0.5) is 5.82 Å². The van der Waals surface area contributed by atoms with Crippen LogP contribution in [0.25, 0.3) is 22.1 Å². The van der Waals surface area contributed by atoms with Crippen LogP contribution in [-0.2, 0) is 4.79 Å². The number of aromatic amines is 1. The number of hydrogen-bond donors (Lipinski definition) is 4. The van der Waals surface area contributed by atoms with E-state index in [1.807, 2.05) is 48.5 Å². The van der Waals surface area contributed by atoms with Crippen molar-refractivity contribution >= 4 is 34.1 Å². The first-order valence-corrected chi connectivity index (χ1v) is 12.3. The first kappa shape index (κ1) is 25.2. The van der Waals surface area contributed by atoms with Gasteiger partial charge in [-0.15, -0.1) is 0 Å². The minimum absolute atomic E-state index is 0.0867. The number of fused-ring (bicyclic) bond motifs is 2. The number of rotatable bonds is 5. The number of nitrogens with zero attached hydrogens (tertiary/aromatic N) is 3. The molecule has 1 unspecified atom stereocenters.